The molecule has 0 spiro atoms. The van der Waals surface area contributed by atoms with Crippen molar-refractivity contribution in [2.24, 2.45) is 0 Å². The van der Waals surface area contributed by atoms with Gasteiger partial charge < -0.3 is 4.90 Å². The van der Waals surface area contributed by atoms with Gasteiger partial charge in [-0.25, -0.2) is 0 Å². The SMILES string of the molecule is CCCN1C=CC[CH]C1=O. The molecule has 1 aliphatic rings. The number of amides is 1. The molecular weight excluding hydrogens is 126 g/mol. The third-order valence-electron chi connectivity index (χ3n) is 1.46. The lowest BCUT2D eigenvalue weighted by atomic mass is 10.2. The van der Waals surface area contributed by atoms with Crippen molar-refractivity contribution in [2.75, 3.05) is 6.54 Å². The molecule has 0 aromatic carbocycles. The molecule has 0 bridgehead atoms. The Hall–Kier alpha value is -0.790. The second-order valence-corrected chi connectivity index (χ2v) is 2.36. The summed E-state index contributed by atoms with van der Waals surface area (Å²) in [5, 5.41) is 0. The fourth-order valence-electron chi connectivity index (χ4n) is 0.973. The molecule has 0 atom stereocenters. The molecule has 0 unspecified atom stereocenters. The average molecular weight is 138 g/mol. The molecule has 2 nitrogen and oxygen atoms in total. The summed E-state index contributed by atoms with van der Waals surface area (Å²) in [6.07, 6.45) is 7.38. The minimum Gasteiger partial charge on any atom is -0.319 e. The second-order valence-electron chi connectivity index (χ2n) is 2.36. The molecular formula is C8H12NO. The van der Waals surface area contributed by atoms with Crippen LogP contribution in [-0.4, -0.2) is 17.4 Å². The largest absolute Gasteiger partial charge is 0.319 e. The summed E-state index contributed by atoms with van der Waals surface area (Å²) in [6, 6.07) is 0. The number of allylic oxidation sites excluding steroid dienone is 1. The van der Waals surface area contributed by atoms with E-state index in [9.17, 15) is 4.79 Å². The molecule has 1 radical (unpaired) electrons. The van der Waals surface area contributed by atoms with Crippen LogP contribution in [0.25, 0.3) is 0 Å². The molecule has 0 aromatic rings. The van der Waals surface area contributed by atoms with Gasteiger partial charge in [-0.15, -0.1) is 0 Å². The van der Waals surface area contributed by atoms with Gasteiger partial charge in [-0.3, -0.25) is 4.79 Å². The Balaban J connectivity index is 2.47. The Kier molecular flexibility index (Phi) is 2.49. The molecule has 55 valence electrons. The molecule has 1 amide bonds. The molecule has 0 aromatic heterocycles. The molecule has 1 heterocycles. The van der Waals surface area contributed by atoms with Crippen LogP contribution in [0.4, 0.5) is 0 Å². The zero-order valence-corrected chi connectivity index (χ0v) is 6.21. The van der Waals surface area contributed by atoms with Crippen LogP contribution in [-0.2, 0) is 4.79 Å². The van der Waals surface area contributed by atoms with Gasteiger partial charge in [0.2, 0.25) is 5.91 Å². The first kappa shape index (κ1) is 7.32. The highest BCUT2D eigenvalue weighted by molar-refractivity contribution is 5.86. The smallest absolute Gasteiger partial charge is 0.230 e. The highest BCUT2D eigenvalue weighted by atomic mass is 16.2. The molecule has 0 N–H and O–H groups in total. The van der Waals surface area contributed by atoms with E-state index in [-0.39, 0.29) is 5.91 Å². The standard InChI is InChI=1S/C8H12NO/c1-2-6-9-7-4-3-5-8(9)10/h4-5,7H,2-3,6H2,1H3. The van der Waals surface area contributed by atoms with Crippen molar-refractivity contribution in [2.45, 2.75) is 19.8 Å². The van der Waals surface area contributed by atoms with Gasteiger partial charge in [-0.1, -0.05) is 13.0 Å². The van der Waals surface area contributed by atoms with Gasteiger partial charge >= 0.3 is 0 Å². The van der Waals surface area contributed by atoms with Crippen LogP contribution in [0.1, 0.15) is 19.8 Å². The van der Waals surface area contributed by atoms with Crippen LogP contribution < -0.4 is 0 Å². The van der Waals surface area contributed by atoms with Crippen LogP contribution in [0, 0.1) is 6.42 Å². The second kappa shape index (κ2) is 3.40. The zero-order chi connectivity index (χ0) is 7.40. The van der Waals surface area contributed by atoms with E-state index >= 15 is 0 Å². The van der Waals surface area contributed by atoms with Gasteiger partial charge in [0.25, 0.3) is 0 Å². The predicted molar refractivity (Wildman–Crippen MR) is 40.1 cm³/mol. The molecule has 0 aliphatic carbocycles. The average Bonchev–Trinajstić information content (AvgIpc) is 1.94. The minimum absolute atomic E-state index is 0.143. The number of nitrogens with zero attached hydrogens (tertiary/aromatic N) is 1. The molecule has 10 heavy (non-hydrogen) atoms. The van der Waals surface area contributed by atoms with E-state index in [1.54, 1.807) is 11.3 Å². The van der Waals surface area contributed by atoms with E-state index < -0.39 is 0 Å². The maximum Gasteiger partial charge on any atom is 0.230 e. The van der Waals surface area contributed by atoms with E-state index in [2.05, 4.69) is 6.92 Å². The predicted octanol–water partition coefficient (Wildman–Crippen LogP) is 1.35. The summed E-state index contributed by atoms with van der Waals surface area (Å²) in [7, 11) is 0. The minimum atomic E-state index is 0.143. The molecule has 1 aliphatic heterocycles. The molecule has 1 rings (SSSR count). The summed E-state index contributed by atoms with van der Waals surface area (Å²) in [5.41, 5.74) is 0. The summed E-state index contributed by atoms with van der Waals surface area (Å²) in [4.78, 5) is 12.7. The van der Waals surface area contributed by atoms with Crippen LogP contribution in [0.3, 0.4) is 0 Å². The lowest BCUT2D eigenvalue weighted by Crippen LogP contribution is -2.28. The maximum atomic E-state index is 11.0. The number of carbonyl (C=O) groups excluding carboxylic acids is 1. The quantitative estimate of drug-likeness (QED) is 0.564. The lowest BCUT2D eigenvalue weighted by Gasteiger charge is -2.19. The van der Waals surface area contributed by atoms with Crippen molar-refractivity contribution >= 4 is 5.91 Å². The van der Waals surface area contributed by atoms with Crippen LogP contribution in [0.5, 0.6) is 0 Å². The first-order valence-electron chi connectivity index (χ1n) is 3.65. The van der Waals surface area contributed by atoms with E-state index in [0.29, 0.717) is 0 Å². The van der Waals surface area contributed by atoms with Gasteiger partial charge in [0.15, 0.2) is 0 Å². The van der Waals surface area contributed by atoms with Gasteiger partial charge in [0, 0.05) is 12.7 Å². The van der Waals surface area contributed by atoms with Crippen molar-refractivity contribution in [1.82, 2.24) is 4.90 Å². The van der Waals surface area contributed by atoms with Gasteiger partial charge in [0.1, 0.15) is 0 Å². The summed E-state index contributed by atoms with van der Waals surface area (Å²) >= 11 is 0. The topological polar surface area (TPSA) is 20.3 Å². The van der Waals surface area contributed by atoms with E-state index in [0.717, 1.165) is 19.4 Å². The molecule has 0 saturated carbocycles. The fraction of sp³-hybridized carbons (Fsp3) is 0.500. The monoisotopic (exact) mass is 138 g/mol. The first-order valence-corrected chi connectivity index (χ1v) is 3.65. The van der Waals surface area contributed by atoms with Crippen LogP contribution in [0.2, 0.25) is 0 Å². The third kappa shape index (κ3) is 1.59. The van der Waals surface area contributed by atoms with Gasteiger partial charge in [0.05, 0.1) is 6.42 Å². The maximum absolute atomic E-state index is 11.0. The number of hydrogen-bond acceptors (Lipinski definition) is 1. The Morgan fingerprint density at radius 1 is 1.70 bits per heavy atom. The number of rotatable bonds is 2. The highest BCUT2D eigenvalue weighted by Crippen LogP contribution is 2.06. The van der Waals surface area contributed by atoms with Crippen molar-refractivity contribution in [1.29, 1.82) is 0 Å². The number of hydrogen-bond donors (Lipinski definition) is 0. The fourth-order valence-corrected chi connectivity index (χ4v) is 0.973. The van der Waals surface area contributed by atoms with E-state index in [1.165, 1.54) is 0 Å². The first-order chi connectivity index (χ1) is 4.84. The summed E-state index contributed by atoms with van der Waals surface area (Å²) in [5.74, 6) is 0.143. The number of carbonyl (C=O) groups is 1. The van der Waals surface area contributed by atoms with Gasteiger partial charge in [-0.2, -0.15) is 0 Å². The van der Waals surface area contributed by atoms with E-state index in [1.807, 2.05) is 12.3 Å². The van der Waals surface area contributed by atoms with Crippen molar-refractivity contribution in [3.8, 4) is 0 Å². The third-order valence-corrected chi connectivity index (χ3v) is 1.46. The van der Waals surface area contributed by atoms with Crippen molar-refractivity contribution in [3.05, 3.63) is 18.7 Å². The molecule has 0 fully saturated rings. The summed E-state index contributed by atoms with van der Waals surface area (Å²) in [6.45, 7) is 2.90. The van der Waals surface area contributed by atoms with Crippen LogP contribution in [0.15, 0.2) is 12.3 Å². The highest BCUT2D eigenvalue weighted by Gasteiger charge is 2.11. The zero-order valence-electron chi connectivity index (χ0n) is 6.21. The summed E-state index contributed by atoms with van der Waals surface area (Å²) < 4.78 is 0. The van der Waals surface area contributed by atoms with E-state index in [4.69, 9.17) is 0 Å². The van der Waals surface area contributed by atoms with Gasteiger partial charge in [-0.05, 0) is 12.8 Å². The van der Waals surface area contributed by atoms with Crippen molar-refractivity contribution < 1.29 is 4.79 Å². The van der Waals surface area contributed by atoms with Crippen LogP contribution >= 0.6 is 0 Å². The normalized spacial score (nSPS) is 18.1. The Morgan fingerprint density at radius 3 is 3.10 bits per heavy atom. The Bertz CT molecular complexity index is 151. The Labute approximate surface area is 61.5 Å². The molecule has 0 saturated heterocycles. The lowest BCUT2D eigenvalue weighted by molar-refractivity contribution is -0.125. The Morgan fingerprint density at radius 2 is 2.50 bits per heavy atom. The van der Waals surface area contributed by atoms with Crippen molar-refractivity contribution in [3.63, 3.8) is 0 Å². The molecule has 2 heteroatoms.